The van der Waals surface area contributed by atoms with Crippen molar-refractivity contribution >= 4 is 23.5 Å². The standard InChI is InChI=1S/C21H27N3O4/c25-19(12-24-18-4-2-1-3-15(18)7-8-20(24)26)22-16-9-17(10-16)23(13-21(27)28)11-14-5-6-14/h1-4,14,16-17H,5-13H2,(H,22,25)(H,27,28). The molecule has 1 aromatic rings. The van der Waals surface area contributed by atoms with E-state index < -0.39 is 5.97 Å². The Morgan fingerprint density at radius 1 is 1.18 bits per heavy atom. The Morgan fingerprint density at radius 2 is 1.93 bits per heavy atom. The maximum Gasteiger partial charge on any atom is 0.317 e. The number of anilines is 1. The largest absolute Gasteiger partial charge is 0.480 e. The lowest BCUT2D eigenvalue weighted by Gasteiger charge is -2.43. The summed E-state index contributed by atoms with van der Waals surface area (Å²) in [6.45, 7) is 0.954. The summed E-state index contributed by atoms with van der Waals surface area (Å²) in [4.78, 5) is 39.5. The van der Waals surface area contributed by atoms with Crippen LogP contribution in [0.15, 0.2) is 24.3 Å². The molecule has 4 rings (SSSR count). The Kier molecular flexibility index (Phi) is 5.35. The van der Waals surface area contributed by atoms with E-state index in [1.165, 1.54) is 12.8 Å². The quantitative estimate of drug-likeness (QED) is 0.706. The lowest BCUT2D eigenvalue weighted by Crippen LogP contribution is -2.56. The van der Waals surface area contributed by atoms with Crippen molar-refractivity contribution in [2.24, 2.45) is 5.92 Å². The van der Waals surface area contributed by atoms with Crippen LogP contribution >= 0.6 is 0 Å². The Morgan fingerprint density at radius 3 is 2.64 bits per heavy atom. The first-order valence-electron chi connectivity index (χ1n) is 10.1. The van der Waals surface area contributed by atoms with E-state index in [0.717, 1.165) is 37.1 Å². The molecule has 2 N–H and O–H groups in total. The zero-order chi connectivity index (χ0) is 19.7. The Balaban J connectivity index is 1.28. The molecule has 2 amide bonds. The molecular formula is C21H27N3O4. The highest BCUT2D eigenvalue weighted by Crippen LogP contribution is 2.34. The summed E-state index contributed by atoms with van der Waals surface area (Å²) in [6, 6.07) is 8.00. The molecule has 7 heteroatoms. The van der Waals surface area contributed by atoms with Crippen LogP contribution in [0.25, 0.3) is 0 Å². The molecule has 1 heterocycles. The number of carbonyl (C=O) groups excluding carboxylic acids is 2. The van der Waals surface area contributed by atoms with Crippen LogP contribution in [0.4, 0.5) is 5.69 Å². The van der Waals surface area contributed by atoms with Gasteiger partial charge in [0.25, 0.3) is 0 Å². The molecule has 150 valence electrons. The number of para-hydroxylation sites is 1. The third kappa shape index (κ3) is 4.35. The maximum atomic E-state index is 12.5. The molecule has 0 radical (unpaired) electrons. The summed E-state index contributed by atoms with van der Waals surface area (Å²) in [5.41, 5.74) is 1.93. The number of amides is 2. The second kappa shape index (κ2) is 7.91. The molecular weight excluding hydrogens is 358 g/mol. The van der Waals surface area contributed by atoms with Crippen LogP contribution in [-0.2, 0) is 20.8 Å². The third-order valence-corrected chi connectivity index (χ3v) is 6.02. The van der Waals surface area contributed by atoms with Gasteiger partial charge in [0.05, 0.1) is 6.54 Å². The van der Waals surface area contributed by atoms with E-state index in [1.807, 2.05) is 29.2 Å². The molecule has 0 aromatic heterocycles. The van der Waals surface area contributed by atoms with Crippen molar-refractivity contribution in [3.63, 3.8) is 0 Å². The summed E-state index contributed by atoms with van der Waals surface area (Å²) in [5.74, 6) is -0.327. The lowest BCUT2D eigenvalue weighted by atomic mass is 9.85. The monoisotopic (exact) mass is 385 g/mol. The molecule has 0 unspecified atom stereocenters. The number of hydrogen-bond donors (Lipinski definition) is 2. The Bertz CT molecular complexity index is 771. The molecule has 0 atom stereocenters. The number of nitrogens with zero attached hydrogens (tertiary/aromatic N) is 2. The zero-order valence-corrected chi connectivity index (χ0v) is 16.0. The van der Waals surface area contributed by atoms with Crippen molar-refractivity contribution in [3.8, 4) is 0 Å². The van der Waals surface area contributed by atoms with Gasteiger partial charge < -0.3 is 15.3 Å². The number of hydrogen-bond acceptors (Lipinski definition) is 4. The number of benzene rings is 1. The Labute approximate surface area is 164 Å². The molecule has 7 nitrogen and oxygen atoms in total. The van der Waals surface area contributed by atoms with Gasteiger partial charge in [0, 0.05) is 30.7 Å². The SMILES string of the molecule is O=C(O)CN(CC1CC1)C1CC(NC(=O)CN2C(=O)CCc3ccccc32)C1. The second-order valence-electron chi connectivity index (χ2n) is 8.26. The van der Waals surface area contributed by atoms with E-state index in [0.29, 0.717) is 12.3 Å². The predicted octanol–water partition coefficient (Wildman–Crippen LogP) is 1.41. The molecule has 0 saturated heterocycles. The molecule has 1 aromatic carbocycles. The van der Waals surface area contributed by atoms with Crippen molar-refractivity contribution in [1.29, 1.82) is 0 Å². The van der Waals surface area contributed by atoms with Crippen molar-refractivity contribution in [3.05, 3.63) is 29.8 Å². The minimum absolute atomic E-state index is 0.0163. The van der Waals surface area contributed by atoms with Gasteiger partial charge >= 0.3 is 5.97 Å². The number of aryl methyl sites for hydroxylation is 1. The van der Waals surface area contributed by atoms with Crippen molar-refractivity contribution in [2.75, 3.05) is 24.5 Å². The van der Waals surface area contributed by atoms with E-state index in [-0.39, 0.29) is 37.0 Å². The highest BCUT2D eigenvalue weighted by atomic mass is 16.4. The van der Waals surface area contributed by atoms with E-state index in [4.69, 9.17) is 5.11 Å². The van der Waals surface area contributed by atoms with E-state index in [9.17, 15) is 14.4 Å². The summed E-state index contributed by atoms with van der Waals surface area (Å²) in [7, 11) is 0. The van der Waals surface area contributed by atoms with Gasteiger partial charge in [-0.2, -0.15) is 0 Å². The van der Waals surface area contributed by atoms with Gasteiger partial charge in [-0.15, -0.1) is 0 Å². The average molecular weight is 385 g/mol. The van der Waals surface area contributed by atoms with Crippen LogP contribution in [0.2, 0.25) is 0 Å². The summed E-state index contributed by atoms with van der Waals surface area (Å²) < 4.78 is 0. The number of nitrogens with one attached hydrogen (secondary N) is 1. The number of rotatable bonds is 8. The molecule has 28 heavy (non-hydrogen) atoms. The average Bonchev–Trinajstić information content (AvgIpc) is 3.43. The lowest BCUT2D eigenvalue weighted by molar-refractivity contribution is -0.140. The number of carbonyl (C=O) groups is 3. The highest BCUT2D eigenvalue weighted by molar-refractivity contribution is 6.01. The first-order chi connectivity index (χ1) is 13.5. The molecule has 2 aliphatic carbocycles. The topological polar surface area (TPSA) is 89.9 Å². The summed E-state index contributed by atoms with van der Waals surface area (Å²) >= 11 is 0. The van der Waals surface area contributed by atoms with Gasteiger partial charge in [-0.1, -0.05) is 18.2 Å². The number of aliphatic carboxylic acids is 1. The molecule has 1 aliphatic heterocycles. The third-order valence-electron chi connectivity index (χ3n) is 6.02. The molecule has 3 aliphatic rings. The Hall–Kier alpha value is -2.41. The van der Waals surface area contributed by atoms with Crippen LogP contribution in [0, 0.1) is 5.92 Å². The minimum Gasteiger partial charge on any atom is -0.480 e. The number of carboxylic acids is 1. The van der Waals surface area contributed by atoms with Crippen molar-refractivity contribution in [2.45, 2.75) is 50.6 Å². The van der Waals surface area contributed by atoms with Gasteiger partial charge in [0.1, 0.15) is 6.54 Å². The van der Waals surface area contributed by atoms with Gasteiger partial charge in [-0.05, 0) is 49.7 Å². The van der Waals surface area contributed by atoms with Crippen LogP contribution in [0.3, 0.4) is 0 Å². The fraction of sp³-hybridized carbons (Fsp3) is 0.571. The fourth-order valence-corrected chi connectivity index (χ4v) is 4.24. The first-order valence-corrected chi connectivity index (χ1v) is 10.1. The van der Waals surface area contributed by atoms with Gasteiger partial charge in [-0.25, -0.2) is 0 Å². The van der Waals surface area contributed by atoms with E-state index in [1.54, 1.807) is 4.90 Å². The van der Waals surface area contributed by atoms with Gasteiger partial charge in [-0.3, -0.25) is 19.3 Å². The minimum atomic E-state index is -0.796. The van der Waals surface area contributed by atoms with Gasteiger partial charge in [0.2, 0.25) is 11.8 Å². The van der Waals surface area contributed by atoms with Crippen molar-refractivity contribution in [1.82, 2.24) is 10.2 Å². The smallest absolute Gasteiger partial charge is 0.317 e. The summed E-state index contributed by atoms with van der Waals surface area (Å²) in [6.07, 6.45) is 5.08. The van der Waals surface area contributed by atoms with E-state index >= 15 is 0 Å². The second-order valence-corrected chi connectivity index (χ2v) is 8.26. The van der Waals surface area contributed by atoms with Gasteiger partial charge in [0.15, 0.2) is 0 Å². The van der Waals surface area contributed by atoms with Crippen LogP contribution in [-0.4, -0.2) is 59.5 Å². The normalized spacial score (nSPS) is 23.9. The van der Waals surface area contributed by atoms with E-state index in [2.05, 4.69) is 5.32 Å². The van der Waals surface area contributed by atoms with Crippen LogP contribution in [0.5, 0.6) is 0 Å². The zero-order valence-electron chi connectivity index (χ0n) is 16.0. The predicted molar refractivity (Wildman–Crippen MR) is 104 cm³/mol. The number of fused-ring (bicyclic) bond motifs is 1. The first kappa shape index (κ1) is 18.9. The van der Waals surface area contributed by atoms with Crippen LogP contribution in [0.1, 0.15) is 37.7 Å². The van der Waals surface area contributed by atoms with Crippen LogP contribution < -0.4 is 10.2 Å². The number of carboxylic acid groups (broad SMARTS) is 1. The molecule has 0 bridgehead atoms. The van der Waals surface area contributed by atoms with Crippen molar-refractivity contribution < 1.29 is 19.5 Å². The summed E-state index contributed by atoms with van der Waals surface area (Å²) in [5, 5.41) is 12.2. The molecule has 0 spiro atoms. The maximum absolute atomic E-state index is 12.5. The fourth-order valence-electron chi connectivity index (χ4n) is 4.24. The highest BCUT2D eigenvalue weighted by Gasteiger charge is 2.38. The molecule has 2 fully saturated rings. The molecule has 2 saturated carbocycles.